The van der Waals surface area contributed by atoms with Crippen LogP contribution in [0.4, 0.5) is 0 Å². The van der Waals surface area contributed by atoms with Crippen LogP contribution in [0, 0.1) is 6.92 Å². The van der Waals surface area contributed by atoms with Gasteiger partial charge in [0.05, 0.1) is 24.9 Å². The molecule has 8 nitrogen and oxygen atoms in total. The highest BCUT2D eigenvalue weighted by Crippen LogP contribution is 2.16. The fraction of sp³-hybridized carbons (Fsp3) is 0.429. The van der Waals surface area contributed by atoms with Gasteiger partial charge in [0.25, 0.3) is 0 Å². The Morgan fingerprint density at radius 1 is 1.41 bits per heavy atom. The number of furan rings is 1. The van der Waals surface area contributed by atoms with Crippen molar-refractivity contribution in [3.05, 3.63) is 36.1 Å². The molecule has 0 amide bonds. The van der Waals surface area contributed by atoms with E-state index in [1.165, 1.54) is 0 Å². The van der Waals surface area contributed by atoms with E-state index in [2.05, 4.69) is 25.5 Å². The van der Waals surface area contributed by atoms with Gasteiger partial charge in [-0.1, -0.05) is 5.16 Å². The lowest BCUT2D eigenvalue weighted by atomic mass is 10.1. The van der Waals surface area contributed by atoms with Crippen LogP contribution >= 0.6 is 0 Å². The molecule has 0 saturated heterocycles. The van der Waals surface area contributed by atoms with Crippen LogP contribution in [0.2, 0.25) is 0 Å². The molecule has 1 N–H and O–H groups in total. The average Bonchev–Trinajstić information content (AvgIpc) is 3.23. The molecule has 1 aliphatic rings. The number of nitrogens with zero attached hydrogens (tertiary/aromatic N) is 5. The minimum absolute atomic E-state index is 0.331. The summed E-state index contributed by atoms with van der Waals surface area (Å²) in [6.45, 7) is 3.28. The van der Waals surface area contributed by atoms with Crippen molar-refractivity contribution in [2.75, 3.05) is 0 Å². The number of rotatable bonds is 4. The second kappa shape index (κ2) is 5.38. The summed E-state index contributed by atoms with van der Waals surface area (Å²) in [7, 11) is 0. The van der Waals surface area contributed by atoms with Crippen molar-refractivity contribution >= 4 is 0 Å². The van der Waals surface area contributed by atoms with Gasteiger partial charge >= 0.3 is 0 Å². The van der Waals surface area contributed by atoms with Crippen LogP contribution in [0.15, 0.2) is 27.5 Å². The Hall–Kier alpha value is -2.48. The summed E-state index contributed by atoms with van der Waals surface area (Å²) in [5.74, 6) is 3.01. The second-order valence-corrected chi connectivity index (χ2v) is 5.40. The van der Waals surface area contributed by atoms with Crippen molar-refractivity contribution in [2.45, 2.75) is 38.9 Å². The van der Waals surface area contributed by atoms with E-state index in [0.717, 1.165) is 36.6 Å². The Bertz CT molecular complexity index is 760. The van der Waals surface area contributed by atoms with Crippen molar-refractivity contribution in [3.63, 3.8) is 0 Å². The van der Waals surface area contributed by atoms with Gasteiger partial charge in [0.15, 0.2) is 0 Å². The van der Waals surface area contributed by atoms with Crippen LogP contribution in [0.3, 0.4) is 0 Å². The molecule has 1 atom stereocenters. The topological polar surface area (TPSA) is 94.8 Å². The van der Waals surface area contributed by atoms with Gasteiger partial charge in [-0.05, 0) is 19.4 Å². The first kappa shape index (κ1) is 13.2. The van der Waals surface area contributed by atoms with E-state index >= 15 is 0 Å². The first-order chi connectivity index (χ1) is 10.8. The van der Waals surface area contributed by atoms with E-state index in [1.807, 2.05) is 11.6 Å². The first-order valence-corrected chi connectivity index (χ1v) is 7.27. The number of aromatic nitrogens is 5. The van der Waals surface area contributed by atoms with E-state index < -0.39 is 0 Å². The standard InChI is InChI=1S/C14H16N6O2/c1-9-16-12-3-2-11(7-20(12)18-9)15-6-13-17-14(19-22-13)10-4-5-21-8-10/h4-5,8,11,15H,2-3,6-7H2,1H3. The van der Waals surface area contributed by atoms with Gasteiger partial charge in [-0.15, -0.1) is 0 Å². The number of fused-ring (bicyclic) bond motifs is 1. The molecule has 0 saturated carbocycles. The molecule has 0 spiro atoms. The fourth-order valence-electron chi connectivity index (χ4n) is 2.67. The van der Waals surface area contributed by atoms with Crippen LogP contribution in [0.5, 0.6) is 0 Å². The lowest BCUT2D eigenvalue weighted by molar-refractivity contribution is 0.320. The summed E-state index contributed by atoms with van der Waals surface area (Å²) in [6, 6.07) is 2.13. The van der Waals surface area contributed by atoms with Crippen molar-refractivity contribution in [1.29, 1.82) is 0 Å². The summed E-state index contributed by atoms with van der Waals surface area (Å²) < 4.78 is 12.2. The van der Waals surface area contributed by atoms with Gasteiger partial charge in [0.1, 0.15) is 17.9 Å². The van der Waals surface area contributed by atoms with Gasteiger partial charge < -0.3 is 14.3 Å². The van der Waals surface area contributed by atoms with Gasteiger partial charge in [-0.25, -0.2) is 9.67 Å². The molecule has 0 bridgehead atoms. The molecule has 1 aliphatic heterocycles. The van der Waals surface area contributed by atoms with Crippen molar-refractivity contribution in [2.24, 2.45) is 0 Å². The molecule has 1 unspecified atom stereocenters. The van der Waals surface area contributed by atoms with E-state index in [-0.39, 0.29) is 0 Å². The molecule has 0 radical (unpaired) electrons. The molecule has 8 heteroatoms. The average molecular weight is 300 g/mol. The molecule has 0 aliphatic carbocycles. The zero-order chi connectivity index (χ0) is 14.9. The molecule has 4 heterocycles. The van der Waals surface area contributed by atoms with E-state index in [4.69, 9.17) is 8.94 Å². The molecule has 114 valence electrons. The summed E-state index contributed by atoms with van der Waals surface area (Å²) >= 11 is 0. The largest absolute Gasteiger partial charge is 0.472 e. The molecule has 22 heavy (non-hydrogen) atoms. The Balaban J connectivity index is 1.37. The third-order valence-electron chi connectivity index (χ3n) is 3.75. The smallest absolute Gasteiger partial charge is 0.240 e. The molecular weight excluding hydrogens is 284 g/mol. The summed E-state index contributed by atoms with van der Waals surface area (Å²) in [5.41, 5.74) is 0.815. The maximum atomic E-state index is 5.25. The van der Waals surface area contributed by atoms with Crippen molar-refractivity contribution in [3.8, 4) is 11.4 Å². The normalized spacial score (nSPS) is 17.6. The second-order valence-electron chi connectivity index (χ2n) is 5.40. The van der Waals surface area contributed by atoms with E-state index in [0.29, 0.717) is 24.3 Å². The molecule has 3 aromatic heterocycles. The molecule has 3 aromatic rings. The van der Waals surface area contributed by atoms with Crippen LogP contribution in [0.1, 0.15) is 24.0 Å². The number of nitrogens with one attached hydrogen (secondary N) is 1. The number of aryl methyl sites for hydroxylation is 2. The first-order valence-electron chi connectivity index (χ1n) is 7.27. The highest BCUT2D eigenvalue weighted by Gasteiger charge is 2.21. The molecule has 0 aromatic carbocycles. The van der Waals surface area contributed by atoms with Gasteiger partial charge in [-0.2, -0.15) is 10.1 Å². The maximum Gasteiger partial charge on any atom is 0.240 e. The molecular formula is C14H16N6O2. The third-order valence-corrected chi connectivity index (χ3v) is 3.75. The van der Waals surface area contributed by atoms with Crippen LogP contribution in [-0.4, -0.2) is 30.9 Å². The van der Waals surface area contributed by atoms with Crippen LogP contribution in [-0.2, 0) is 19.5 Å². The Morgan fingerprint density at radius 3 is 3.23 bits per heavy atom. The minimum atomic E-state index is 0.331. The molecule has 4 rings (SSSR count). The Morgan fingerprint density at radius 2 is 2.36 bits per heavy atom. The Kier molecular flexibility index (Phi) is 3.23. The van der Waals surface area contributed by atoms with Crippen LogP contribution in [0.25, 0.3) is 11.4 Å². The zero-order valence-electron chi connectivity index (χ0n) is 12.2. The van der Waals surface area contributed by atoms with E-state index in [1.54, 1.807) is 18.6 Å². The van der Waals surface area contributed by atoms with Crippen LogP contribution < -0.4 is 5.32 Å². The zero-order valence-corrected chi connectivity index (χ0v) is 12.2. The van der Waals surface area contributed by atoms with Gasteiger partial charge in [-0.3, -0.25) is 0 Å². The summed E-state index contributed by atoms with van der Waals surface area (Å²) in [6.07, 6.45) is 5.14. The highest BCUT2D eigenvalue weighted by atomic mass is 16.5. The SMILES string of the molecule is Cc1nc2n(n1)CC(NCc1nc(-c3ccoc3)no1)CC2. The lowest BCUT2D eigenvalue weighted by Gasteiger charge is -2.22. The highest BCUT2D eigenvalue weighted by molar-refractivity contribution is 5.51. The number of hydrogen-bond donors (Lipinski definition) is 1. The van der Waals surface area contributed by atoms with Crippen molar-refractivity contribution < 1.29 is 8.94 Å². The van der Waals surface area contributed by atoms with Crippen molar-refractivity contribution in [1.82, 2.24) is 30.2 Å². The minimum Gasteiger partial charge on any atom is -0.472 e. The number of hydrogen-bond acceptors (Lipinski definition) is 7. The van der Waals surface area contributed by atoms with Gasteiger partial charge in [0.2, 0.25) is 11.7 Å². The van der Waals surface area contributed by atoms with Gasteiger partial charge in [0, 0.05) is 12.5 Å². The lowest BCUT2D eigenvalue weighted by Crippen LogP contribution is -2.37. The van der Waals surface area contributed by atoms with E-state index in [9.17, 15) is 0 Å². The molecule has 0 fully saturated rings. The maximum absolute atomic E-state index is 5.25. The predicted octanol–water partition coefficient (Wildman–Crippen LogP) is 1.33. The Labute approximate surface area is 126 Å². The summed E-state index contributed by atoms with van der Waals surface area (Å²) in [5, 5.41) is 11.8. The predicted molar refractivity (Wildman–Crippen MR) is 75.7 cm³/mol. The fourth-order valence-corrected chi connectivity index (χ4v) is 2.67. The third kappa shape index (κ3) is 2.52. The quantitative estimate of drug-likeness (QED) is 0.776. The monoisotopic (exact) mass is 300 g/mol. The summed E-state index contributed by atoms with van der Waals surface area (Å²) in [4.78, 5) is 8.76.